The van der Waals surface area contributed by atoms with Crippen LogP contribution in [0.1, 0.15) is 22.3 Å². The van der Waals surface area contributed by atoms with Crippen LogP contribution in [0, 0.1) is 12.8 Å². The van der Waals surface area contributed by atoms with E-state index >= 15 is 0 Å². The molecule has 2 rings (SSSR count). The zero-order chi connectivity index (χ0) is 13.1. The molecular weight excluding hydrogens is 221 g/mol. The topological polar surface area (TPSA) is 29.5 Å². The normalized spacial score (nSPS) is 20.1. The van der Waals surface area contributed by atoms with Gasteiger partial charge in [-0.15, -0.1) is 0 Å². The van der Waals surface area contributed by atoms with Gasteiger partial charge in [0.2, 0.25) is 0 Å². The van der Waals surface area contributed by atoms with Crippen molar-refractivity contribution in [2.45, 2.75) is 13.3 Å². The Hall–Kier alpha value is -0.753. The third-order valence-electron chi connectivity index (χ3n) is 3.54. The second-order valence-corrected chi connectivity index (χ2v) is 5.26. The minimum atomic E-state index is 0.0991. The summed E-state index contributed by atoms with van der Waals surface area (Å²) in [7, 11) is 2.15. The summed E-state index contributed by atoms with van der Waals surface area (Å²) in [6.07, 6.45) is 1.21. The summed E-state index contributed by atoms with van der Waals surface area (Å²) in [4.78, 5) is 13.6. The van der Waals surface area contributed by atoms with Crippen molar-refractivity contribution in [3.8, 4) is 5.75 Å². The fourth-order valence-electron chi connectivity index (χ4n) is 2.40. The summed E-state index contributed by atoms with van der Waals surface area (Å²) in [5.74, 6) is 1.52. The van der Waals surface area contributed by atoms with Gasteiger partial charge in [0.25, 0.3) is 0 Å². The summed E-state index contributed by atoms with van der Waals surface area (Å²) < 4.78 is 5.96. The Bertz CT molecular complexity index is 447. The van der Waals surface area contributed by atoms with Crippen molar-refractivity contribution >= 4 is 22.2 Å². The summed E-state index contributed by atoms with van der Waals surface area (Å²) >= 11 is 1.59. The van der Waals surface area contributed by atoms with Crippen molar-refractivity contribution in [3.63, 3.8) is 0 Å². The van der Waals surface area contributed by atoms with E-state index in [1.807, 2.05) is 25.1 Å². The van der Waals surface area contributed by atoms with Crippen LogP contribution in [0.15, 0.2) is 18.2 Å². The molecule has 18 heavy (non-hydrogen) atoms. The average molecular weight is 239 g/mol. The molecule has 0 aliphatic carbocycles. The van der Waals surface area contributed by atoms with E-state index < -0.39 is 0 Å². The average Bonchev–Trinajstić information content (AvgIpc) is 2.73. The van der Waals surface area contributed by atoms with Crippen LogP contribution in [0.4, 0.5) is 0 Å². The maximum absolute atomic E-state index is 11.3. The first-order chi connectivity index (χ1) is 8.56. The Morgan fingerprint density at radius 3 is 2.89 bits per heavy atom. The van der Waals surface area contributed by atoms with Crippen LogP contribution in [-0.2, 0) is 0 Å². The molecule has 1 aliphatic heterocycles. The van der Waals surface area contributed by atoms with Gasteiger partial charge >= 0.3 is 118 Å². The van der Waals surface area contributed by atoms with Gasteiger partial charge in [-0.25, -0.2) is 0 Å². The first kappa shape index (κ1) is 13.7. The monoisotopic (exact) mass is 239 g/mol. The SMILES string of the molecule is [Li][C](=O)c1ccc(OCC2CCN(C)C2)c(C)c1. The molecule has 1 heterocycles. The number of carbonyl (C=O) groups excluding carboxylic acids is 1. The van der Waals surface area contributed by atoms with E-state index in [0.717, 1.165) is 36.6 Å². The van der Waals surface area contributed by atoms with E-state index in [1.54, 1.807) is 17.7 Å². The molecule has 0 saturated carbocycles. The molecule has 3 nitrogen and oxygen atoms in total. The number of aryl methyl sites for hydroxylation is 1. The van der Waals surface area contributed by atoms with Gasteiger partial charge in [0, 0.05) is 0 Å². The van der Waals surface area contributed by atoms with Crippen LogP contribution in [0.25, 0.3) is 0 Å². The van der Waals surface area contributed by atoms with Crippen LogP contribution >= 0.6 is 0 Å². The Morgan fingerprint density at radius 1 is 1.56 bits per heavy atom. The molecule has 1 aromatic carbocycles. The number of nitrogens with zero attached hydrogens (tertiary/aromatic N) is 1. The van der Waals surface area contributed by atoms with Crippen molar-refractivity contribution in [2.75, 3.05) is 26.7 Å². The van der Waals surface area contributed by atoms with Crippen LogP contribution in [-0.4, -0.2) is 53.8 Å². The van der Waals surface area contributed by atoms with E-state index in [9.17, 15) is 4.79 Å². The van der Waals surface area contributed by atoms with Gasteiger partial charge in [-0.05, 0) is 0 Å². The van der Waals surface area contributed by atoms with E-state index in [0.29, 0.717) is 5.92 Å². The van der Waals surface area contributed by atoms with E-state index in [2.05, 4.69) is 11.9 Å². The quantitative estimate of drug-likeness (QED) is 0.748. The van der Waals surface area contributed by atoms with Crippen molar-refractivity contribution in [3.05, 3.63) is 29.3 Å². The number of hydrogen-bond acceptors (Lipinski definition) is 3. The Morgan fingerprint density at radius 2 is 2.33 bits per heavy atom. The van der Waals surface area contributed by atoms with Crippen molar-refractivity contribution in [1.29, 1.82) is 0 Å². The Labute approximate surface area is 118 Å². The molecular formula is C14H18LiNO2. The Balaban J connectivity index is 1.95. The van der Waals surface area contributed by atoms with E-state index in [4.69, 9.17) is 4.74 Å². The summed E-state index contributed by atoms with van der Waals surface area (Å²) in [6, 6.07) is 5.65. The van der Waals surface area contributed by atoms with Crippen LogP contribution < -0.4 is 4.74 Å². The minimum absolute atomic E-state index is 0.0991. The van der Waals surface area contributed by atoms with Crippen molar-refractivity contribution in [2.24, 2.45) is 5.92 Å². The number of carbonyl (C=O) groups is 1. The standard InChI is InChI=1S/C14H18NO2.Li/c1-11-7-12(9-16)3-4-14(11)17-10-13-5-6-15(2)8-13;/h3-4,7,13H,5-6,8,10H2,1-2H3;. The zero-order valence-electron chi connectivity index (χ0n) is 11.4. The number of ether oxygens (including phenoxy) is 1. The summed E-state index contributed by atoms with van der Waals surface area (Å²) in [6.45, 7) is 5.04. The molecule has 1 unspecified atom stereocenters. The molecule has 1 aliphatic rings. The molecule has 0 bridgehead atoms. The zero-order valence-corrected chi connectivity index (χ0v) is 11.4. The predicted octanol–water partition coefficient (Wildman–Crippen LogP) is 1.63. The molecule has 1 fully saturated rings. The van der Waals surface area contributed by atoms with E-state index in [-0.39, 0.29) is 4.46 Å². The summed E-state index contributed by atoms with van der Waals surface area (Å²) in [5.41, 5.74) is 1.79. The maximum atomic E-state index is 11.3. The van der Waals surface area contributed by atoms with Crippen LogP contribution in [0.5, 0.6) is 5.75 Å². The van der Waals surface area contributed by atoms with Gasteiger partial charge in [0.1, 0.15) is 0 Å². The second kappa shape index (κ2) is 5.93. The van der Waals surface area contributed by atoms with Gasteiger partial charge in [0.05, 0.1) is 0 Å². The number of benzene rings is 1. The van der Waals surface area contributed by atoms with Gasteiger partial charge in [0.15, 0.2) is 0 Å². The van der Waals surface area contributed by atoms with Gasteiger partial charge in [-0.2, -0.15) is 0 Å². The first-order valence-corrected chi connectivity index (χ1v) is 6.49. The van der Waals surface area contributed by atoms with Crippen molar-refractivity contribution in [1.82, 2.24) is 4.90 Å². The molecule has 0 spiro atoms. The first-order valence-electron chi connectivity index (χ1n) is 6.49. The van der Waals surface area contributed by atoms with Gasteiger partial charge in [-0.3, -0.25) is 0 Å². The number of likely N-dealkylation sites (tertiary alicyclic amines) is 1. The molecule has 0 radical (unpaired) electrons. The van der Waals surface area contributed by atoms with Crippen molar-refractivity contribution < 1.29 is 9.53 Å². The fourth-order valence-corrected chi connectivity index (χ4v) is 2.40. The molecule has 92 valence electrons. The van der Waals surface area contributed by atoms with Gasteiger partial charge in [-0.1, -0.05) is 0 Å². The number of hydrogen-bond donors (Lipinski definition) is 0. The van der Waals surface area contributed by atoms with Crippen LogP contribution in [0.3, 0.4) is 0 Å². The molecule has 1 aromatic rings. The van der Waals surface area contributed by atoms with E-state index in [1.165, 1.54) is 6.42 Å². The molecule has 0 amide bonds. The molecule has 1 saturated heterocycles. The summed E-state index contributed by atoms with van der Waals surface area (Å²) in [5, 5.41) is 0. The molecule has 0 N–H and O–H groups in total. The second-order valence-electron chi connectivity index (χ2n) is 5.26. The number of rotatable bonds is 4. The Kier molecular flexibility index (Phi) is 4.50. The van der Waals surface area contributed by atoms with Gasteiger partial charge < -0.3 is 0 Å². The molecule has 0 aromatic heterocycles. The third kappa shape index (κ3) is 3.38. The predicted molar refractivity (Wildman–Crippen MR) is 72.4 cm³/mol. The fraction of sp³-hybridized carbons (Fsp3) is 0.500. The third-order valence-corrected chi connectivity index (χ3v) is 3.54. The van der Waals surface area contributed by atoms with Crippen LogP contribution in [0.2, 0.25) is 0 Å². The molecule has 1 atom stereocenters. The molecule has 4 heteroatoms.